The second-order valence-electron chi connectivity index (χ2n) is 6.78. The summed E-state index contributed by atoms with van der Waals surface area (Å²) in [6.45, 7) is 12.8. The fourth-order valence-corrected chi connectivity index (χ4v) is 2.41. The van der Waals surface area contributed by atoms with Gasteiger partial charge in [0.1, 0.15) is 17.1 Å². The highest BCUT2D eigenvalue weighted by Crippen LogP contribution is 2.44. The number of methoxy groups -OCH3 is 1. The van der Waals surface area contributed by atoms with E-state index in [0.717, 1.165) is 22.6 Å². The zero-order valence-corrected chi connectivity index (χ0v) is 13.0. The van der Waals surface area contributed by atoms with E-state index in [1.54, 1.807) is 7.11 Å². The molecule has 0 aliphatic carbocycles. The molecule has 1 aliphatic heterocycles. The first kappa shape index (κ1) is 14.0. The highest BCUT2D eigenvalue weighted by molar-refractivity contribution is 5.70. The molecule has 1 aliphatic rings. The third kappa shape index (κ3) is 2.49. The van der Waals surface area contributed by atoms with Crippen LogP contribution in [0, 0.1) is 6.92 Å². The summed E-state index contributed by atoms with van der Waals surface area (Å²) in [4.78, 5) is 0. The van der Waals surface area contributed by atoms with Gasteiger partial charge in [-0.25, -0.2) is 0 Å². The summed E-state index contributed by atoms with van der Waals surface area (Å²) in [5, 5.41) is 0. The molecule has 2 nitrogen and oxygen atoms in total. The summed E-state index contributed by atoms with van der Waals surface area (Å²) in [6, 6.07) is 2.11. The van der Waals surface area contributed by atoms with Crippen molar-refractivity contribution >= 4 is 6.08 Å². The SMILES string of the molecule is COc1cc(C(C)(C)C)c2c(c1C)C=CC(C)(C)O2. The summed E-state index contributed by atoms with van der Waals surface area (Å²) in [5.41, 5.74) is 3.24. The lowest BCUT2D eigenvalue weighted by atomic mass is 9.82. The van der Waals surface area contributed by atoms with Crippen molar-refractivity contribution < 1.29 is 9.47 Å². The lowest BCUT2D eigenvalue weighted by Gasteiger charge is -2.34. The third-order valence-corrected chi connectivity index (χ3v) is 3.58. The lowest BCUT2D eigenvalue weighted by Crippen LogP contribution is -2.30. The molecular weight excluding hydrogens is 236 g/mol. The first-order chi connectivity index (χ1) is 8.65. The van der Waals surface area contributed by atoms with Crippen molar-refractivity contribution in [3.63, 3.8) is 0 Å². The van der Waals surface area contributed by atoms with E-state index in [4.69, 9.17) is 9.47 Å². The molecule has 0 N–H and O–H groups in total. The lowest BCUT2D eigenvalue weighted by molar-refractivity contribution is 0.155. The van der Waals surface area contributed by atoms with Gasteiger partial charge < -0.3 is 9.47 Å². The normalized spacial score (nSPS) is 16.8. The Kier molecular flexibility index (Phi) is 3.16. The first-order valence-corrected chi connectivity index (χ1v) is 6.76. The minimum absolute atomic E-state index is 0.0202. The topological polar surface area (TPSA) is 18.5 Å². The predicted octanol–water partition coefficient (Wildman–Crippen LogP) is 4.49. The summed E-state index contributed by atoms with van der Waals surface area (Å²) in [7, 11) is 1.72. The minimum atomic E-state index is -0.256. The summed E-state index contributed by atoms with van der Waals surface area (Å²) < 4.78 is 11.7. The molecule has 19 heavy (non-hydrogen) atoms. The van der Waals surface area contributed by atoms with Crippen LogP contribution in [0.15, 0.2) is 12.1 Å². The Labute approximate surface area is 116 Å². The molecule has 1 aromatic carbocycles. The van der Waals surface area contributed by atoms with Crippen LogP contribution in [0.25, 0.3) is 6.08 Å². The van der Waals surface area contributed by atoms with Crippen LogP contribution >= 0.6 is 0 Å². The van der Waals surface area contributed by atoms with Crippen molar-refractivity contribution in [2.24, 2.45) is 0 Å². The van der Waals surface area contributed by atoms with E-state index in [1.807, 2.05) is 0 Å². The van der Waals surface area contributed by atoms with Gasteiger partial charge in [-0.05, 0) is 38.3 Å². The highest BCUT2D eigenvalue weighted by atomic mass is 16.5. The van der Waals surface area contributed by atoms with Gasteiger partial charge in [0.15, 0.2) is 0 Å². The van der Waals surface area contributed by atoms with Gasteiger partial charge in [0.25, 0.3) is 0 Å². The molecule has 0 saturated heterocycles. The number of rotatable bonds is 1. The molecule has 0 fully saturated rings. The molecule has 0 aromatic heterocycles. The molecule has 0 bridgehead atoms. The van der Waals surface area contributed by atoms with Crippen LogP contribution in [0.1, 0.15) is 51.3 Å². The number of fused-ring (bicyclic) bond motifs is 1. The van der Waals surface area contributed by atoms with E-state index in [-0.39, 0.29) is 11.0 Å². The number of benzene rings is 1. The fraction of sp³-hybridized carbons (Fsp3) is 0.529. The van der Waals surface area contributed by atoms with Crippen molar-refractivity contribution in [1.29, 1.82) is 0 Å². The zero-order valence-electron chi connectivity index (χ0n) is 13.0. The quantitative estimate of drug-likeness (QED) is 0.741. The fourth-order valence-electron chi connectivity index (χ4n) is 2.41. The van der Waals surface area contributed by atoms with Crippen molar-refractivity contribution in [2.45, 2.75) is 52.6 Å². The van der Waals surface area contributed by atoms with Gasteiger partial charge in [-0.2, -0.15) is 0 Å². The molecule has 0 spiro atoms. The van der Waals surface area contributed by atoms with Crippen molar-refractivity contribution in [1.82, 2.24) is 0 Å². The Hall–Kier alpha value is -1.44. The highest BCUT2D eigenvalue weighted by Gasteiger charge is 2.30. The van der Waals surface area contributed by atoms with Gasteiger partial charge in [0.05, 0.1) is 7.11 Å². The predicted molar refractivity (Wildman–Crippen MR) is 80.2 cm³/mol. The second kappa shape index (κ2) is 4.29. The molecule has 2 heteroatoms. The summed E-state index contributed by atoms with van der Waals surface area (Å²) in [5.74, 6) is 1.93. The van der Waals surface area contributed by atoms with E-state index in [0.29, 0.717) is 0 Å². The molecular formula is C17H24O2. The zero-order chi connectivity index (χ0) is 14.4. The van der Waals surface area contributed by atoms with E-state index < -0.39 is 0 Å². The minimum Gasteiger partial charge on any atom is -0.496 e. The maximum Gasteiger partial charge on any atom is 0.132 e. The molecule has 1 heterocycles. The Morgan fingerprint density at radius 2 is 1.84 bits per heavy atom. The summed E-state index contributed by atoms with van der Waals surface area (Å²) >= 11 is 0. The van der Waals surface area contributed by atoms with Crippen LogP contribution in [0.2, 0.25) is 0 Å². The monoisotopic (exact) mass is 260 g/mol. The van der Waals surface area contributed by atoms with Crippen LogP contribution in [-0.4, -0.2) is 12.7 Å². The Morgan fingerprint density at radius 1 is 1.21 bits per heavy atom. The van der Waals surface area contributed by atoms with Gasteiger partial charge in [0.2, 0.25) is 0 Å². The van der Waals surface area contributed by atoms with Crippen molar-refractivity contribution in [2.75, 3.05) is 7.11 Å². The van der Waals surface area contributed by atoms with Crippen molar-refractivity contribution in [3.05, 3.63) is 28.8 Å². The number of ether oxygens (including phenoxy) is 2. The molecule has 0 amide bonds. The molecule has 104 valence electrons. The van der Waals surface area contributed by atoms with Crippen LogP contribution in [-0.2, 0) is 5.41 Å². The standard InChI is InChI=1S/C17H24O2/c1-11-12-8-9-17(5,6)19-15(12)13(16(2,3)4)10-14(11)18-7/h8-10H,1-7H3. The number of hydrogen-bond donors (Lipinski definition) is 0. The van der Waals surface area contributed by atoms with Gasteiger partial charge in [-0.3, -0.25) is 0 Å². The average Bonchev–Trinajstić information content (AvgIpc) is 2.26. The molecule has 1 aromatic rings. The molecule has 0 atom stereocenters. The molecule has 0 radical (unpaired) electrons. The Bertz CT molecular complexity index is 531. The summed E-state index contributed by atoms with van der Waals surface area (Å²) in [6.07, 6.45) is 4.26. The van der Waals surface area contributed by atoms with Crippen molar-refractivity contribution in [3.8, 4) is 11.5 Å². The van der Waals surface area contributed by atoms with Crippen LogP contribution in [0.4, 0.5) is 0 Å². The Morgan fingerprint density at radius 3 is 2.37 bits per heavy atom. The van der Waals surface area contributed by atoms with Crippen LogP contribution in [0.3, 0.4) is 0 Å². The van der Waals surface area contributed by atoms with E-state index in [9.17, 15) is 0 Å². The van der Waals surface area contributed by atoms with Gasteiger partial charge >= 0.3 is 0 Å². The van der Waals surface area contributed by atoms with E-state index in [1.165, 1.54) is 5.56 Å². The van der Waals surface area contributed by atoms with Crippen LogP contribution in [0.5, 0.6) is 11.5 Å². The maximum atomic E-state index is 6.21. The third-order valence-electron chi connectivity index (χ3n) is 3.58. The maximum absolute atomic E-state index is 6.21. The molecule has 0 saturated carbocycles. The smallest absolute Gasteiger partial charge is 0.132 e. The molecule has 2 rings (SSSR count). The van der Waals surface area contributed by atoms with Gasteiger partial charge in [0, 0.05) is 16.7 Å². The number of hydrogen-bond acceptors (Lipinski definition) is 2. The first-order valence-electron chi connectivity index (χ1n) is 6.76. The van der Waals surface area contributed by atoms with E-state index >= 15 is 0 Å². The van der Waals surface area contributed by atoms with Crippen LogP contribution < -0.4 is 9.47 Å². The van der Waals surface area contributed by atoms with Gasteiger partial charge in [-0.1, -0.05) is 26.8 Å². The average molecular weight is 260 g/mol. The Balaban J connectivity index is 2.74. The second-order valence-corrected chi connectivity index (χ2v) is 6.78. The van der Waals surface area contributed by atoms with E-state index in [2.05, 4.69) is 59.8 Å². The largest absolute Gasteiger partial charge is 0.496 e. The molecule has 0 unspecified atom stereocenters. The van der Waals surface area contributed by atoms with Gasteiger partial charge in [-0.15, -0.1) is 0 Å².